The molecule has 2 N–H and O–H groups in total. The highest BCUT2D eigenvalue weighted by Gasteiger charge is 2.23. The molecule has 2 unspecified atom stereocenters. The molecule has 0 aliphatic rings. The van der Waals surface area contributed by atoms with Gasteiger partial charge in [0.25, 0.3) is 0 Å². The first-order chi connectivity index (χ1) is 8.20. The van der Waals surface area contributed by atoms with E-state index < -0.39 is 0 Å². The van der Waals surface area contributed by atoms with Crippen molar-refractivity contribution in [1.29, 1.82) is 0 Å². The van der Waals surface area contributed by atoms with E-state index in [0.29, 0.717) is 11.5 Å². The van der Waals surface area contributed by atoms with Crippen molar-refractivity contribution in [3.8, 4) is 0 Å². The maximum Gasteiger partial charge on any atom is 0.00868 e. The zero-order chi connectivity index (χ0) is 14.3. The number of hydrogen-bond acceptors (Lipinski definition) is 2. The van der Waals surface area contributed by atoms with E-state index in [1.54, 1.807) is 0 Å². The van der Waals surface area contributed by atoms with E-state index in [1.165, 1.54) is 19.4 Å². The van der Waals surface area contributed by atoms with Crippen molar-refractivity contribution in [3.63, 3.8) is 0 Å². The smallest absolute Gasteiger partial charge is 0.00868 e. The summed E-state index contributed by atoms with van der Waals surface area (Å²) in [5.41, 5.74) is 6.13. The normalized spacial score (nSPS) is 16.3. The van der Waals surface area contributed by atoms with Gasteiger partial charge in [-0.25, -0.2) is 0 Å². The van der Waals surface area contributed by atoms with Gasteiger partial charge in [0.05, 0.1) is 0 Å². The Morgan fingerprint density at radius 1 is 1.06 bits per heavy atom. The van der Waals surface area contributed by atoms with Crippen molar-refractivity contribution in [1.82, 2.24) is 4.90 Å². The number of nitrogens with two attached hydrogens (primary N) is 1. The van der Waals surface area contributed by atoms with E-state index in [9.17, 15) is 0 Å². The number of nitrogens with zero attached hydrogens (tertiary/aromatic N) is 1. The summed E-state index contributed by atoms with van der Waals surface area (Å²) in [6.07, 6.45) is 3.75. The minimum Gasteiger partial charge on any atom is -0.330 e. The van der Waals surface area contributed by atoms with E-state index in [2.05, 4.69) is 53.5 Å². The second-order valence-electron chi connectivity index (χ2n) is 7.25. The topological polar surface area (TPSA) is 29.3 Å². The molecule has 0 bridgehead atoms. The molecule has 0 aliphatic heterocycles. The molecule has 0 aromatic heterocycles. The molecular weight excluding hydrogens is 220 g/mol. The van der Waals surface area contributed by atoms with Gasteiger partial charge >= 0.3 is 0 Å². The Morgan fingerprint density at radius 3 is 2.00 bits per heavy atom. The van der Waals surface area contributed by atoms with E-state index in [4.69, 9.17) is 5.73 Å². The molecule has 110 valence electrons. The highest BCUT2D eigenvalue weighted by molar-refractivity contribution is 4.75. The molecule has 0 saturated carbocycles. The highest BCUT2D eigenvalue weighted by Crippen LogP contribution is 2.32. The lowest BCUT2D eigenvalue weighted by atomic mass is 9.76. The molecule has 0 amide bonds. The maximum atomic E-state index is 5.74. The maximum absolute atomic E-state index is 5.74. The third kappa shape index (κ3) is 6.75. The van der Waals surface area contributed by atoms with Crippen molar-refractivity contribution in [2.24, 2.45) is 23.0 Å². The second kappa shape index (κ2) is 8.16. The lowest BCUT2D eigenvalue weighted by Crippen LogP contribution is -2.34. The SMILES string of the molecule is CC(C)C(C)N(C)CCCC(CCN)C(C)(C)C. The lowest BCUT2D eigenvalue weighted by Gasteiger charge is -2.32. The zero-order valence-electron chi connectivity index (χ0n) is 13.8. The predicted molar refractivity (Wildman–Crippen MR) is 82.8 cm³/mol. The molecule has 0 fully saturated rings. The van der Waals surface area contributed by atoms with Crippen LogP contribution in [0, 0.1) is 17.3 Å². The van der Waals surface area contributed by atoms with Gasteiger partial charge in [0, 0.05) is 6.04 Å². The van der Waals surface area contributed by atoms with Crippen molar-refractivity contribution in [2.45, 2.75) is 66.8 Å². The van der Waals surface area contributed by atoms with Crippen LogP contribution in [0.1, 0.15) is 60.8 Å². The second-order valence-corrected chi connectivity index (χ2v) is 7.25. The van der Waals surface area contributed by atoms with Crippen LogP contribution in [0.25, 0.3) is 0 Å². The molecule has 2 nitrogen and oxygen atoms in total. The largest absolute Gasteiger partial charge is 0.330 e. The van der Waals surface area contributed by atoms with Gasteiger partial charge in [-0.15, -0.1) is 0 Å². The Hall–Kier alpha value is -0.0800. The average Bonchev–Trinajstić information content (AvgIpc) is 2.25. The van der Waals surface area contributed by atoms with Gasteiger partial charge < -0.3 is 10.6 Å². The summed E-state index contributed by atoms with van der Waals surface area (Å²) in [4.78, 5) is 2.49. The molecule has 2 heteroatoms. The van der Waals surface area contributed by atoms with Crippen LogP contribution in [-0.4, -0.2) is 31.1 Å². The molecule has 2 atom stereocenters. The van der Waals surface area contributed by atoms with Crippen LogP contribution >= 0.6 is 0 Å². The van der Waals surface area contributed by atoms with Gasteiger partial charge in [-0.05, 0) is 63.6 Å². The third-order valence-corrected chi connectivity index (χ3v) is 4.46. The molecule has 0 heterocycles. The van der Waals surface area contributed by atoms with Crippen LogP contribution in [0.4, 0.5) is 0 Å². The fourth-order valence-corrected chi connectivity index (χ4v) is 2.51. The third-order valence-electron chi connectivity index (χ3n) is 4.46. The van der Waals surface area contributed by atoms with E-state index in [-0.39, 0.29) is 0 Å². The molecule has 0 aromatic rings. The summed E-state index contributed by atoms with van der Waals surface area (Å²) in [7, 11) is 2.25. The predicted octanol–water partition coefficient (Wildman–Crippen LogP) is 3.75. The van der Waals surface area contributed by atoms with Crippen LogP contribution in [0.5, 0.6) is 0 Å². The van der Waals surface area contributed by atoms with Crippen LogP contribution in [-0.2, 0) is 0 Å². The minimum atomic E-state index is 0.390. The first kappa shape index (κ1) is 17.9. The molecular formula is C16H36N2. The van der Waals surface area contributed by atoms with Gasteiger partial charge in [-0.1, -0.05) is 34.6 Å². The van der Waals surface area contributed by atoms with Crippen molar-refractivity contribution in [3.05, 3.63) is 0 Å². The Kier molecular flexibility index (Phi) is 8.13. The molecule has 0 aliphatic carbocycles. The monoisotopic (exact) mass is 256 g/mol. The average molecular weight is 256 g/mol. The summed E-state index contributed by atoms with van der Waals surface area (Å²) >= 11 is 0. The van der Waals surface area contributed by atoms with Gasteiger partial charge in [-0.2, -0.15) is 0 Å². The molecule has 0 radical (unpaired) electrons. The van der Waals surface area contributed by atoms with Crippen LogP contribution in [0.3, 0.4) is 0 Å². The highest BCUT2D eigenvalue weighted by atomic mass is 15.1. The van der Waals surface area contributed by atoms with Crippen molar-refractivity contribution < 1.29 is 0 Å². The van der Waals surface area contributed by atoms with Gasteiger partial charge in [-0.3, -0.25) is 0 Å². The number of hydrogen-bond donors (Lipinski definition) is 1. The molecule has 0 spiro atoms. The zero-order valence-corrected chi connectivity index (χ0v) is 13.8. The van der Waals surface area contributed by atoms with Crippen LogP contribution in [0.2, 0.25) is 0 Å². The summed E-state index contributed by atoms with van der Waals surface area (Å²) in [6.45, 7) is 16.0. The van der Waals surface area contributed by atoms with Crippen LogP contribution < -0.4 is 5.73 Å². The fourth-order valence-electron chi connectivity index (χ4n) is 2.51. The van der Waals surface area contributed by atoms with Gasteiger partial charge in [0.2, 0.25) is 0 Å². The molecule has 0 rings (SSSR count). The van der Waals surface area contributed by atoms with E-state index in [1.807, 2.05) is 0 Å². The minimum absolute atomic E-state index is 0.390. The first-order valence-electron chi connectivity index (χ1n) is 7.60. The van der Waals surface area contributed by atoms with Crippen LogP contribution in [0.15, 0.2) is 0 Å². The Balaban J connectivity index is 4.07. The van der Waals surface area contributed by atoms with E-state index in [0.717, 1.165) is 24.8 Å². The Bertz CT molecular complexity index is 206. The first-order valence-corrected chi connectivity index (χ1v) is 7.60. The molecule has 0 saturated heterocycles. The molecule has 0 aromatic carbocycles. The Labute approximate surface area is 115 Å². The van der Waals surface area contributed by atoms with Crippen molar-refractivity contribution >= 4 is 0 Å². The Morgan fingerprint density at radius 2 is 1.61 bits per heavy atom. The molecule has 18 heavy (non-hydrogen) atoms. The summed E-state index contributed by atoms with van der Waals surface area (Å²) in [6, 6.07) is 0.674. The summed E-state index contributed by atoms with van der Waals surface area (Å²) < 4.78 is 0. The summed E-state index contributed by atoms with van der Waals surface area (Å²) in [5.74, 6) is 1.49. The van der Waals surface area contributed by atoms with Gasteiger partial charge in [0.1, 0.15) is 0 Å². The van der Waals surface area contributed by atoms with E-state index >= 15 is 0 Å². The number of rotatable bonds is 8. The lowest BCUT2D eigenvalue weighted by molar-refractivity contribution is 0.174. The summed E-state index contributed by atoms with van der Waals surface area (Å²) in [5, 5.41) is 0. The van der Waals surface area contributed by atoms with Crippen molar-refractivity contribution in [2.75, 3.05) is 20.1 Å². The standard InChI is InChI=1S/C16H36N2/c1-13(2)14(3)18(7)12-8-9-15(10-11-17)16(4,5)6/h13-15H,8-12,17H2,1-7H3. The quantitative estimate of drug-likeness (QED) is 0.716. The van der Waals surface area contributed by atoms with Gasteiger partial charge in [0.15, 0.2) is 0 Å². The fraction of sp³-hybridized carbons (Fsp3) is 1.00.